The average Bonchev–Trinajstić information content (AvgIpc) is 2.39. The predicted molar refractivity (Wildman–Crippen MR) is 87.6 cm³/mol. The molecule has 0 saturated carbocycles. The highest BCUT2D eigenvalue weighted by atomic mass is 32.2. The fraction of sp³-hybridized carbons (Fsp3) is 0.133. The van der Waals surface area contributed by atoms with E-state index in [0.717, 1.165) is 16.3 Å². The van der Waals surface area contributed by atoms with Gasteiger partial charge in [-0.05, 0) is 36.8 Å². The van der Waals surface area contributed by atoms with Gasteiger partial charge in [0.2, 0.25) is 0 Å². The second kappa shape index (κ2) is 6.59. The van der Waals surface area contributed by atoms with E-state index in [2.05, 4.69) is 42.6 Å². The molecule has 0 aliphatic carbocycles. The highest BCUT2D eigenvalue weighted by molar-refractivity contribution is 7.98. The Balaban J connectivity index is 2.06. The Morgan fingerprint density at radius 3 is 2.53 bits per heavy atom. The van der Waals surface area contributed by atoms with E-state index in [4.69, 9.17) is 18.0 Å². The molecule has 3 N–H and O–H groups in total. The van der Waals surface area contributed by atoms with Crippen LogP contribution in [0.4, 0.5) is 5.69 Å². The quantitative estimate of drug-likeness (QED) is 0.660. The largest absolute Gasteiger partial charge is 0.376 e. The molecule has 0 aliphatic rings. The van der Waals surface area contributed by atoms with Crippen molar-refractivity contribution in [2.45, 2.75) is 17.6 Å². The Hall–Kier alpha value is -1.52. The van der Waals surface area contributed by atoms with E-state index in [1.165, 1.54) is 11.1 Å². The molecule has 0 atom stereocenters. The summed E-state index contributed by atoms with van der Waals surface area (Å²) in [6, 6.07) is 16.6. The van der Waals surface area contributed by atoms with Gasteiger partial charge >= 0.3 is 0 Å². The van der Waals surface area contributed by atoms with Crippen LogP contribution in [0, 0.1) is 6.92 Å². The molecule has 2 rings (SSSR count). The fourth-order valence-corrected chi connectivity index (χ4v) is 2.75. The summed E-state index contributed by atoms with van der Waals surface area (Å²) in [5.41, 5.74) is 9.08. The van der Waals surface area contributed by atoms with Crippen LogP contribution in [0.1, 0.15) is 11.1 Å². The molecule has 0 spiro atoms. The molecule has 19 heavy (non-hydrogen) atoms. The van der Waals surface area contributed by atoms with Crippen molar-refractivity contribution < 1.29 is 0 Å². The van der Waals surface area contributed by atoms with Gasteiger partial charge in [-0.2, -0.15) is 0 Å². The van der Waals surface area contributed by atoms with E-state index in [-0.39, 0.29) is 0 Å². The zero-order chi connectivity index (χ0) is 13.7. The van der Waals surface area contributed by atoms with Crippen LogP contribution < -0.4 is 11.1 Å². The zero-order valence-electron chi connectivity index (χ0n) is 10.7. The lowest BCUT2D eigenvalue weighted by molar-refractivity contribution is 1.35. The SMILES string of the molecule is Cc1ccc(CSc2ccccc2NC(N)=S)cc1. The highest BCUT2D eigenvalue weighted by Gasteiger charge is 2.03. The molecule has 4 heteroatoms. The second-order valence-corrected chi connectivity index (χ2v) is 5.72. The summed E-state index contributed by atoms with van der Waals surface area (Å²) in [7, 11) is 0. The van der Waals surface area contributed by atoms with E-state index in [1.54, 1.807) is 11.8 Å². The zero-order valence-corrected chi connectivity index (χ0v) is 12.4. The van der Waals surface area contributed by atoms with Gasteiger partial charge in [-0.25, -0.2) is 0 Å². The first kappa shape index (κ1) is 13.9. The number of thiocarbonyl (C=S) groups is 1. The van der Waals surface area contributed by atoms with Crippen molar-refractivity contribution in [2.24, 2.45) is 5.73 Å². The lowest BCUT2D eigenvalue weighted by atomic mass is 10.2. The summed E-state index contributed by atoms with van der Waals surface area (Å²) in [5.74, 6) is 0.927. The van der Waals surface area contributed by atoms with E-state index in [9.17, 15) is 0 Å². The fourth-order valence-electron chi connectivity index (χ4n) is 1.67. The van der Waals surface area contributed by atoms with Crippen molar-refractivity contribution in [1.82, 2.24) is 0 Å². The van der Waals surface area contributed by atoms with Gasteiger partial charge in [0.15, 0.2) is 5.11 Å². The van der Waals surface area contributed by atoms with Crippen molar-refractivity contribution in [1.29, 1.82) is 0 Å². The van der Waals surface area contributed by atoms with Gasteiger partial charge in [0, 0.05) is 10.6 Å². The summed E-state index contributed by atoms with van der Waals surface area (Å²) in [6.45, 7) is 2.10. The number of hydrogen-bond acceptors (Lipinski definition) is 2. The first-order chi connectivity index (χ1) is 9.15. The Labute approximate surface area is 123 Å². The molecule has 2 nitrogen and oxygen atoms in total. The van der Waals surface area contributed by atoms with Gasteiger partial charge in [-0.1, -0.05) is 42.0 Å². The minimum absolute atomic E-state index is 0.295. The summed E-state index contributed by atoms with van der Waals surface area (Å²) < 4.78 is 0. The maximum atomic E-state index is 5.53. The number of anilines is 1. The molecule has 2 aromatic carbocycles. The normalized spacial score (nSPS) is 10.2. The maximum Gasteiger partial charge on any atom is 0.168 e. The highest BCUT2D eigenvalue weighted by Crippen LogP contribution is 2.29. The van der Waals surface area contributed by atoms with Crippen LogP contribution in [-0.4, -0.2) is 5.11 Å². The molecule has 0 fully saturated rings. The van der Waals surface area contributed by atoms with E-state index in [1.807, 2.05) is 18.2 Å². The monoisotopic (exact) mass is 288 g/mol. The molecule has 0 aliphatic heterocycles. The molecule has 0 saturated heterocycles. The number of hydrogen-bond donors (Lipinski definition) is 2. The van der Waals surface area contributed by atoms with Gasteiger partial charge in [-0.15, -0.1) is 11.8 Å². The van der Waals surface area contributed by atoms with Crippen LogP contribution >= 0.6 is 24.0 Å². The third-order valence-corrected chi connectivity index (χ3v) is 3.91. The molecule has 2 aromatic rings. The van der Waals surface area contributed by atoms with Crippen LogP contribution in [-0.2, 0) is 5.75 Å². The maximum absolute atomic E-state index is 5.53. The smallest absolute Gasteiger partial charge is 0.168 e. The first-order valence-electron chi connectivity index (χ1n) is 5.99. The van der Waals surface area contributed by atoms with Crippen LogP contribution in [0.15, 0.2) is 53.4 Å². The number of rotatable bonds is 4. The molecule has 0 unspecified atom stereocenters. The van der Waals surface area contributed by atoms with Gasteiger partial charge in [-0.3, -0.25) is 0 Å². The van der Waals surface area contributed by atoms with Crippen molar-refractivity contribution >= 4 is 34.8 Å². The number of benzene rings is 2. The molecule has 0 amide bonds. The third kappa shape index (κ3) is 4.26. The molecule has 0 radical (unpaired) electrons. The lowest BCUT2D eigenvalue weighted by Crippen LogP contribution is -2.19. The van der Waals surface area contributed by atoms with Gasteiger partial charge in [0.25, 0.3) is 0 Å². The minimum atomic E-state index is 0.295. The minimum Gasteiger partial charge on any atom is -0.376 e. The molecular weight excluding hydrogens is 272 g/mol. The lowest BCUT2D eigenvalue weighted by Gasteiger charge is -2.10. The summed E-state index contributed by atoms with van der Waals surface area (Å²) >= 11 is 6.66. The molecular formula is C15H16N2S2. The number of thioether (sulfide) groups is 1. The van der Waals surface area contributed by atoms with Crippen LogP contribution in [0.2, 0.25) is 0 Å². The van der Waals surface area contributed by atoms with Crippen molar-refractivity contribution in [3.63, 3.8) is 0 Å². The number of nitrogens with two attached hydrogens (primary N) is 1. The molecule has 0 aromatic heterocycles. The standard InChI is InChI=1S/C15H16N2S2/c1-11-6-8-12(9-7-11)10-19-14-5-3-2-4-13(14)17-15(16)18/h2-9H,10H2,1H3,(H3,16,17,18). The Bertz CT molecular complexity index is 565. The summed E-state index contributed by atoms with van der Waals surface area (Å²) in [6.07, 6.45) is 0. The van der Waals surface area contributed by atoms with Gasteiger partial charge < -0.3 is 11.1 Å². The Morgan fingerprint density at radius 2 is 1.84 bits per heavy atom. The van der Waals surface area contributed by atoms with Crippen LogP contribution in [0.5, 0.6) is 0 Å². The summed E-state index contributed by atoms with van der Waals surface area (Å²) in [4.78, 5) is 1.15. The first-order valence-corrected chi connectivity index (χ1v) is 7.38. The second-order valence-electron chi connectivity index (χ2n) is 4.26. The average molecular weight is 288 g/mol. The van der Waals surface area contributed by atoms with Crippen LogP contribution in [0.25, 0.3) is 0 Å². The van der Waals surface area contributed by atoms with E-state index in [0.29, 0.717) is 5.11 Å². The van der Waals surface area contributed by atoms with Crippen molar-refractivity contribution in [2.75, 3.05) is 5.32 Å². The Kier molecular flexibility index (Phi) is 4.82. The molecule has 0 bridgehead atoms. The van der Waals surface area contributed by atoms with Crippen molar-refractivity contribution in [3.05, 3.63) is 59.7 Å². The summed E-state index contributed by atoms with van der Waals surface area (Å²) in [5, 5.41) is 3.30. The Morgan fingerprint density at radius 1 is 1.16 bits per heavy atom. The molecule has 98 valence electrons. The van der Waals surface area contributed by atoms with E-state index >= 15 is 0 Å². The van der Waals surface area contributed by atoms with Crippen LogP contribution in [0.3, 0.4) is 0 Å². The van der Waals surface area contributed by atoms with E-state index < -0.39 is 0 Å². The van der Waals surface area contributed by atoms with Crippen molar-refractivity contribution in [3.8, 4) is 0 Å². The number of aryl methyl sites for hydroxylation is 1. The number of para-hydroxylation sites is 1. The van der Waals surface area contributed by atoms with Gasteiger partial charge in [0.1, 0.15) is 0 Å². The molecule has 0 heterocycles. The number of nitrogens with one attached hydrogen (secondary N) is 1. The predicted octanol–water partition coefficient (Wildman–Crippen LogP) is 3.94. The topological polar surface area (TPSA) is 38.0 Å². The third-order valence-electron chi connectivity index (χ3n) is 2.66. The van der Waals surface area contributed by atoms with Gasteiger partial charge in [0.05, 0.1) is 5.69 Å².